The lowest BCUT2D eigenvalue weighted by Crippen LogP contribution is -2.15. The molecule has 1 amide bonds. The van der Waals surface area contributed by atoms with Gasteiger partial charge in [0.1, 0.15) is 0 Å². The normalized spacial score (nSPS) is 11.8. The Bertz CT molecular complexity index is 855. The Morgan fingerprint density at radius 1 is 1.35 bits per heavy atom. The minimum atomic E-state index is -0.0380. The molecule has 0 aliphatic carbocycles. The highest BCUT2D eigenvalue weighted by atomic mass is 32.1. The second-order valence-electron chi connectivity index (χ2n) is 6.82. The lowest BCUT2D eigenvalue weighted by molar-refractivity contribution is -0.115. The van der Waals surface area contributed by atoms with Crippen LogP contribution in [0.2, 0.25) is 0 Å². The Labute approximate surface area is 140 Å². The van der Waals surface area contributed by atoms with Crippen LogP contribution in [0.15, 0.2) is 29.8 Å². The highest BCUT2D eigenvalue weighted by Gasteiger charge is 2.18. The summed E-state index contributed by atoms with van der Waals surface area (Å²) in [6, 6.07) is 6.11. The van der Waals surface area contributed by atoms with Gasteiger partial charge in [0.2, 0.25) is 5.91 Å². The minimum Gasteiger partial charge on any atom is -0.361 e. The van der Waals surface area contributed by atoms with E-state index in [1.165, 1.54) is 16.9 Å². The molecule has 0 bridgehead atoms. The molecule has 0 unspecified atom stereocenters. The second-order valence-corrected chi connectivity index (χ2v) is 7.68. The van der Waals surface area contributed by atoms with E-state index in [0.717, 1.165) is 22.2 Å². The van der Waals surface area contributed by atoms with Crippen LogP contribution in [0.25, 0.3) is 10.9 Å². The fourth-order valence-corrected chi connectivity index (χ4v) is 3.56. The van der Waals surface area contributed by atoms with Gasteiger partial charge in [-0.2, -0.15) is 0 Å². The summed E-state index contributed by atoms with van der Waals surface area (Å²) in [7, 11) is 0. The molecule has 3 aromatic rings. The first kappa shape index (κ1) is 15.7. The highest BCUT2D eigenvalue weighted by Crippen LogP contribution is 2.27. The number of benzene rings is 1. The first-order chi connectivity index (χ1) is 10.8. The van der Waals surface area contributed by atoms with E-state index in [1.54, 1.807) is 0 Å². The number of aryl methyl sites for hydroxylation is 1. The average molecular weight is 327 g/mol. The molecule has 1 aromatic carbocycles. The zero-order valence-corrected chi connectivity index (χ0v) is 14.7. The number of hydrogen-bond acceptors (Lipinski definition) is 3. The molecule has 2 heterocycles. The van der Waals surface area contributed by atoms with Gasteiger partial charge in [0, 0.05) is 27.9 Å². The fourth-order valence-electron chi connectivity index (χ4n) is 2.60. The molecule has 0 fully saturated rings. The quantitative estimate of drug-likeness (QED) is 0.748. The van der Waals surface area contributed by atoms with Crippen LogP contribution in [0, 0.1) is 6.92 Å². The summed E-state index contributed by atoms with van der Waals surface area (Å²) in [4.78, 5) is 20.1. The van der Waals surface area contributed by atoms with Gasteiger partial charge in [0.25, 0.3) is 0 Å². The first-order valence-corrected chi connectivity index (χ1v) is 8.54. The number of H-pyrrole nitrogens is 1. The Morgan fingerprint density at radius 3 is 2.83 bits per heavy atom. The third-order valence-corrected chi connectivity index (χ3v) is 4.62. The molecule has 0 atom stereocenters. The molecule has 4 nitrogen and oxygen atoms in total. The van der Waals surface area contributed by atoms with Crippen LogP contribution in [0.3, 0.4) is 0 Å². The van der Waals surface area contributed by atoms with Gasteiger partial charge in [-0.05, 0) is 24.1 Å². The van der Waals surface area contributed by atoms with E-state index in [-0.39, 0.29) is 11.3 Å². The fraction of sp³-hybridized carbons (Fsp3) is 0.333. The lowest BCUT2D eigenvalue weighted by atomic mass is 9.93. The first-order valence-electron chi connectivity index (χ1n) is 7.66. The molecule has 23 heavy (non-hydrogen) atoms. The van der Waals surface area contributed by atoms with Gasteiger partial charge >= 0.3 is 0 Å². The number of rotatable bonds is 3. The van der Waals surface area contributed by atoms with Gasteiger partial charge < -0.3 is 10.3 Å². The number of carbonyl (C=O) groups excluding carboxylic acids is 1. The molecule has 120 valence electrons. The predicted octanol–water partition coefficient (Wildman–Crippen LogP) is 4.41. The van der Waals surface area contributed by atoms with E-state index >= 15 is 0 Å². The number of aromatic amines is 1. The lowest BCUT2D eigenvalue weighted by Gasteiger charge is -2.14. The van der Waals surface area contributed by atoms with Gasteiger partial charge in [-0.15, -0.1) is 11.3 Å². The number of aromatic nitrogens is 2. The van der Waals surface area contributed by atoms with Crippen molar-refractivity contribution in [2.45, 2.75) is 39.5 Å². The minimum absolute atomic E-state index is 0.00652. The van der Waals surface area contributed by atoms with Crippen LogP contribution < -0.4 is 5.32 Å². The van der Waals surface area contributed by atoms with Crippen LogP contribution >= 0.6 is 11.3 Å². The third-order valence-electron chi connectivity index (χ3n) is 3.87. The van der Waals surface area contributed by atoms with E-state index in [4.69, 9.17) is 0 Å². The summed E-state index contributed by atoms with van der Waals surface area (Å²) in [5.74, 6) is -0.0380. The smallest absolute Gasteiger partial charge is 0.230 e. The zero-order valence-electron chi connectivity index (χ0n) is 13.9. The molecule has 0 saturated heterocycles. The van der Waals surface area contributed by atoms with Crippen molar-refractivity contribution in [1.29, 1.82) is 0 Å². The van der Waals surface area contributed by atoms with Crippen molar-refractivity contribution < 1.29 is 4.79 Å². The Morgan fingerprint density at radius 2 is 2.13 bits per heavy atom. The van der Waals surface area contributed by atoms with E-state index in [0.29, 0.717) is 11.6 Å². The number of amides is 1. The SMILES string of the molecule is Cc1cccc2[nH]cc(CC(=O)Nc3nc(C(C)(C)C)cs3)c12. The van der Waals surface area contributed by atoms with Crippen molar-refractivity contribution in [2.75, 3.05) is 5.32 Å². The zero-order chi connectivity index (χ0) is 16.6. The summed E-state index contributed by atoms with van der Waals surface area (Å²) in [5.41, 5.74) is 4.25. The molecule has 2 N–H and O–H groups in total. The van der Waals surface area contributed by atoms with Gasteiger partial charge in [0.05, 0.1) is 12.1 Å². The number of hydrogen-bond donors (Lipinski definition) is 2. The predicted molar refractivity (Wildman–Crippen MR) is 96.2 cm³/mol. The van der Waals surface area contributed by atoms with Crippen LogP contribution in [0.4, 0.5) is 5.13 Å². The standard InChI is InChI=1S/C18H21N3OS/c1-11-6-5-7-13-16(11)12(9-19-13)8-15(22)21-17-20-14(10-23-17)18(2,3)4/h5-7,9-10,19H,8H2,1-4H3,(H,20,21,22). The van der Waals surface area contributed by atoms with E-state index in [1.807, 2.05) is 23.7 Å². The number of nitrogens with one attached hydrogen (secondary N) is 2. The highest BCUT2D eigenvalue weighted by molar-refractivity contribution is 7.13. The largest absolute Gasteiger partial charge is 0.361 e. The maximum absolute atomic E-state index is 12.3. The average Bonchev–Trinajstić information content (AvgIpc) is 3.06. The maximum Gasteiger partial charge on any atom is 0.230 e. The molecule has 0 spiro atoms. The Kier molecular flexibility index (Phi) is 3.98. The number of nitrogens with zero attached hydrogens (tertiary/aromatic N) is 1. The number of thiazole rings is 1. The van der Waals surface area contributed by atoms with E-state index in [9.17, 15) is 4.79 Å². The molecule has 0 aliphatic heterocycles. The summed E-state index contributed by atoms with van der Waals surface area (Å²) >= 11 is 1.47. The van der Waals surface area contributed by atoms with Gasteiger partial charge in [-0.25, -0.2) is 4.98 Å². The van der Waals surface area contributed by atoms with E-state index in [2.05, 4.69) is 49.0 Å². The maximum atomic E-state index is 12.3. The molecule has 2 aromatic heterocycles. The van der Waals surface area contributed by atoms with Crippen molar-refractivity contribution in [2.24, 2.45) is 0 Å². The van der Waals surface area contributed by atoms with Gasteiger partial charge in [-0.1, -0.05) is 32.9 Å². The van der Waals surface area contributed by atoms with Crippen molar-refractivity contribution in [3.63, 3.8) is 0 Å². The number of anilines is 1. The molecular weight excluding hydrogens is 306 g/mol. The molecule has 0 radical (unpaired) electrons. The van der Waals surface area contributed by atoms with Crippen molar-refractivity contribution in [3.05, 3.63) is 46.6 Å². The molecule has 0 saturated carbocycles. The molecule has 5 heteroatoms. The Balaban J connectivity index is 1.75. The van der Waals surface area contributed by atoms with Crippen molar-refractivity contribution in [1.82, 2.24) is 9.97 Å². The summed E-state index contributed by atoms with van der Waals surface area (Å²) < 4.78 is 0. The third kappa shape index (κ3) is 3.29. The molecule has 0 aliphatic rings. The topological polar surface area (TPSA) is 57.8 Å². The number of fused-ring (bicyclic) bond motifs is 1. The summed E-state index contributed by atoms with van der Waals surface area (Å²) in [6.45, 7) is 8.40. The van der Waals surface area contributed by atoms with Crippen LogP contribution in [-0.2, 0) is 16.6 Å². The summed E-state index contributed by atoms with van der Waals surface area (Å²) in [6.07, 6.45) is 2.26. The second kappa shape index (κ2) is 5.81. The van der Waals surface area contributed by atoms with Gasteiger partial charge in [0.15, 0.2) is 5.13 Å². The van der Waals surface area contributed by atoms with Crippen LogP contribution in [0.1, 0.15) is 37.6 Å². The molecular formula is C18H21N3OS. The van der Waals surface area contributed by atoms with Crippen LogP contribution in [-0.4, -0.2) is 15.9 Å². The van der Waals surface area contributed by atoms with E-state index < -0.39 is 0 Å². The van der Waals surface area contributed by atoms with Crippen molar-refractivity contribution >= 4 is 33.3 Å². The van der Waals surface area contributed by atoms with Crippen molar-refractivity contribution in [3.8, 4) is 0 Å². The van der Waals surface area contributed by atoms with Crippen LogP contribution in [0.5, 0.6) is 0 Å². The van der Waals surface area contributed by atoms with Gasteiger partial charge in [-0.3, -0.25) is 4.79 Å². The summed E-state index contributed by atoms with van der Waals surface area (Å²) in [5, 5.41) is 6.72. The Hall–Kier alpha value is -2.14. The number of carbonyl (C=O) groups is 1. The monoisotopic (exact) mass is 327 g/mol. The molecule has 3 rings (SSSR count).